The van der Waals surface area contributed by atoms with E-state index in [1.165, 1.54) is 16.0 Å². The molecule has 0 unspecified atom stereocenters. The van der Waals surface area contributed by atoms with Gasteiger partial charge in [0.1, 0.15) is 0 Å². The van der Waals surface area contributed by atoms with Gasteiger partial charge in [-0.1, -0.05) is 12.1 Å². The number of benzene rings is 1. The molecule has 0 heterocycles. The van der Waals surface area contributed by atoms with Crippen molar-refractivity contribution in [2.24, 2.45) is 4.99 Å². The van der Waals surface area contributed by atoms with E-state index >= 15 is 0 Å². The molecule has 0 aliphatic rings. The normalized spacial score (nSPS) is 11.0. The first kappa shape index (κ1) is 21.5. The van der Waals surface area contributed by atoms with E-state index in [1.807, 2.05) is 6.92 Å². The second-order valence-corrected chi connectivity index (χ2v) is 5.48. The third kappa shape index (κ3) is 8.24. The topological polar surface area (TPSA) is 45.7 Å². The predicted octanol–water partition coefficient (Wildman–Crippen LogP) is 3.43. The minimum atomic E-state index is 0. The average molecular weight is 437 g/mol. The van der Waals surface area contributed by atoms with Gasteiger partial charge in [0, 0.05) is 24.6 Å². The number of ether oxygens (including phenoxy) is 1. The number of rotatable bonds is 8. The average Bonchev–Trinajstić information content (AvgIpc) is 2.49. The van der Waals surface area contributed by atoms with Gasteiger partial charge >= 0.3 is 0 Å². The molecule has 0 aliphatic carbocycles. The Hall–Kier alpha value is -0.470. The van der Waals surface area contributed by atoms with Crippen molar-refractivity contribution in [2.45, 2.75) is 32.2 Å². The molecule has 0 saturated carbocycles. The number of guanidine groups is 1. The van der Waals surface area contributed by atoms with Gasteiger partial charge in [-0.05, 0) is 44.2 Å². The Morgan fingerprint density at radius 3 is 2.68 bits per heavy atom. The van der Waals surface area contributed by atoms with Gasteiger partial charge in [0.05, 0.1) is 13.2 Å². The molecule has 0 aromatic heterocycles. The Balaban J connectivity index is 0.00000441. The van der Waals surface area contributed by atoms with Gasteiger partial charge in [-0.25, -0.2) is 4.99 Å². The number of hydrogen-bond acceptors (Lipinski definition) is 3. The Labute approximate surface area is 155 Å². The second kappa shape index (κ2) is 13.0. The summed E-state index contributed by atoms with van der Waals surface area (Å²) < 4.78 is 5.33. The summed E-state index contributed by atoms with van der Waals surface area (Å²) in [7, 11) is 0. The molecule has 0 saturated heterocycles. The van der Waals surface area contributed by atoms with E-state index in [4.69, 9.17) is 4.74 Å². The smallest absolute Gasteiger partial charge is 0.191 e. The lowest BCUT2D eigenvalue weighted by Gasteiger charge is -2.12. The maximum Gasteiger partial charge on any atom is 0.191 e. The minimum absolute atomic E-state index is 0. The summed E-state index contributed by atoms with van der Waals surface area (Å²) in [6.45, 7) is 9.93. The summed E-state index contributed by atoms with van der Waals surface area (Å²) in [6.07, 6.45) is 2.10. The highest BCUT2D eigenvalue weighted by molar-refractivity contribution is 14.0. The first-order valence-corrected chi connectivity index (χ1v) is 8.67. The molecule has 4 nitrogen and oxygen atoms in total. The molecule has 126 valence electrons. The number of halogens is 1. The quantitative estimate of drug-likeness (QED) is 0.215. The van der Waals surface area contributed by atoms with Crippen molar-refractivity contribution in [2.75, 3.05) is 32.6 Å². The maximum absolute atomic E-state index is 5.33. The molecule has 1 aromatic rings. The molecule has 0 radical (unpaired) electrons. The van der Waals surface area contributed by atoms with Gasteiger partial charge in [-0.3, -0.25) is 0 Å². The highest BCUT2D eigenvalue weighted by atomic mass is 127. The van der Waals surface area contributed by atoms with Crippen molar-refractivity contribution in [3.8, 4) is 0 Å². The lowest BCUT2D eigenvalue weighted by atomic mass is 10.1. The van der Waals surface area contributed by atoms with E-state index in [9.17, 15) is 0 Å². The van der Waals surface area contributed by atoms with Gasteiger partial charge in [0.25, 0.3) is 0 Å². The van der Waals surface area contributed by atoms with Crippen LogP contribution in [0, 0.1) is 6.92 Å². The molecule has 1 aromatic carbocycles. The van der Waals surface area contributed by atoms with Crippen LogP contribution in [0.2, 0.25) is 0 Å². The van der Waals surface area contributed by atoms with Crippen LogP contribution in [0.4, 0.5) is 0 Å². The third-order valence-corrected chi connectivity index (χ3v) is 3.76. The minimum Gasteiger partial charge on any atom is -0.380 e. The Morgan fingerprint density at radius 1 is 1.27 bits per heavy atom. The molecule has 0 spiro atoms. The fraction of sp³-hybridized carbons (Fsp3) is 0.562. The van der Waals surface area contributed by atoms with E-state index in [1.54, 1.807) is 11.8 Å². The predicted molar refractivity (Wildman–Crippen MR) is 108 cm³/mol. The van der Waals surface area contributed by atoms with Crippen LogP contribution in [0.15, 0.2) is 28.1 Å². The molecule has 6 heteroatoms. The van der Waals surface area contributed by atoms with Crippen molar-refractivity contribution >= 4 is 41.7 Å². The standard InChI is InChI=1S/C16H27N3OS.HI/c1-5-17-16(18-9-10-20-6-2)19-12-14-8-7-13(3)11-15(14)21-4;/h7-8,11H,5-6,9-10,12H2,1-4H3,(H2,17,18,19);1H. The van der Waals surface area contributed by atoms with Crippen molar-refractivity contribution < 1.29 is 4.74 Å². The summed E-state index contributed by atoms with van der Waals surface area (Å²) >= 11 is 1.77. The summed E-state index contributed by atoms with van der Waals surface area (Å²) in [6, 6.07) is 6.51. The Bertz CT molecular complexity index is 455. The molecule has 0 bridgehead atoms. The van der Waals surface area contributed by atoms with E-state index in [-0.39, 0.29) is 24.0 Å². The first-order chi connectivity index (χ1) is 10.2. The first-order valence-electron chi connectivity index (χ1n) is 7.44. The van der Waals surface area contributed by atoms with Crippen LogP contribution in [0.3, 0.4) is 0 Å². The SMILES string of the molecule is CCNC(=NCc1ccc(C)cc1SC)NCCOCC.I. The fourth-order valence-corrected chi connectivity index (χ4v) is 2.57. The molecule has 0 atom stereocenters. The van der Waals surface area contributed by atoms with Gasteiger partial charge in [0.15, 0.2) is 5.96 Å². The lowest BCUT2D eigenvalue weighted by molar-refractivity contribution is 0.152. The number of nitrogens with one attached hydrogen (secondary N) is 2. The van der Waals surface area contributed by atoms with E-state index in [2.05, 4.69) is 53.9 Å². The van der Waals surface area contributed by atoms with Gasteiger partial charge in [0.2, 0.25) is 0 Å². The molecule has 1 rings (SSSR count). The highest BCUT2D eigenvalue weighted by Crippen LogP contribution is 2.22. The van der Waals surface area contributed by atoms with Crippen LogP contribution in [0.25, 0.3) is 0 Å². The van der Waals surface area contributed by atoms with E-state index < -0.39 is 0 Å². The zero-order valence-electron chi connectivity index (χ0n) is 13.9. The van der Waals surface area contributed by atoms with Crippen LogP contribution in [-0.4, -0.2) is 38.5 Å². The van der Waals surface area contributed by atoms with Gasteiger partial charge in [-0.15, -0.1) is 35.7 Å². The van der Waals surface area contributed by atoms with Crippen LogP contribution >= 0.6 is 35.7 Å². The van der Waals surface area contributed by atoms with Gasteiger partial charge in [-0.2, -0.15) is 0 Å². The third-order valence-electron chi connectivity index (χ3n) is 2.94. The molecule has 0 amide bonds. The summed E-state index contributed by atoms with van der Waals surface area (Å²) in [4.78, 5) is 5.94. The number of aryl methyl sites for hydroxylation is 1. The highest BCUT2D eigenvalue weighted by Gasteiger charge is 2.02. The summed E-state index contributed by atoms with van der Waals surface area (Å²) in [5, 5.41) is 6.54. The maximum atomic E-state index is 5.33. The second-order valence-electron chi connectivity index (χ2n) is 4.63. The van der Waals surface area contributed by atoms with Crippen LogP contribution < -0.4 is 10.6 Å². The van der Waals surface area contributed by atoms with Crippen LogP contribution in [0.5, 0.6) is 0 Å². The van der Waals surface area contributed by atoms with Crippen molar-refractivity contribution in [3.05, 3.63) is 29.3 Å². The Morgan fingerprint density at radius 2 is 2.05 bits per heavy atom. The molecule has 0 aliphatic heterocycles. The molecule has 0 fully saturated rings. The molecular formula is C16H28IN3OS. The molecule has 22 heavy (non-hydrogen) atoms. The summed E-state index contributed by atoms with van der Waals surface area (Å²) in [5.41, 5.74) is 2.55. The summed E-state index contributed by atoms with van der Waals surface area (Å²) in [5.74, 6) is 0.838. The lowest BCUT2D eigenvalue weighted by Crippen LogP contribution is -2.39. The zero-order valence-corrected chi connectivity index (χ0v) is 17.1. The van der Waals surface area contributed by atoms with Gasteiger partial charge < -0.3 is 15.4 Å². The monoisotopic (exact) mass is 437 g/mol. The van der Waals surface area contributed by atoms with Crippen molar-refractivity contribution in [1.82, 2.24) is 10.6 Å². The van der Waals surface area contributed by atoms with Crippen molar-refractivity contribution in [3.63, 3.8) is 0 Å². The number of thioether (sulfide) groups is 1. The number of aliphatic imine (C=N–C) groups is 1. The number of hydrogen-bond donors (Lipinski definition) is 2. The molecular weight excluding hydrogens is 409 g/mol. The fourth-order valence-electron chi connectivity index (χ4n) is 1.87. The largest absolute Gasteiger partial charge is 0.380 e. The van der Waals surface area contributed by atoms with Crippen LogP contribution in [0.1, 0.15) is 25.0 Å². The van der Waals surface area contributed by atoms with E-state index in [0.29, 0.717) is 13.2 Å². The van der Waals surface area contributed by atoms with E-state index in [0.717, 1.165) is 25.7 Å². The Kier molecular flexibility index (Phi) is 12.7. The van der Waals surface area contributed by atoms with Crippen molar-refractivity contribution in [1.29, 1.82) is 0 Å². The zero-order chi connectivity index (χ0) is 15.5. The molecule has 2 N–H and O–H groups in total. The number of nitrogens with zero attached hydrogens (tertiary/aromatic N) is 1. The van der Waals surface area contributed by atoms with Crippen LogP contribution in [-0.2, 0) is 11.3 Å².